The Kier molecular flexibility index (Phi) is 6.37. The SMILES string of the molecule is CCCCn1c(N)c(N(CC)C(=O)c2cc(F)c(F)cc2Cl)c(=O)[nH]c1=O. The highest BCUT2D eigenvalue weighted by atomic mass is 35.5. The van der Waals surface area contributed by atoms with Crippen molar-refractivity contribution in [3.63, 3.8) is 0 Å². The molecule has 2 aromatic rings. The van der Waals surface area contributed by atoms with E-state index in [0.717, 1.165) is 15.9 Å². The number of carbonyl (C=O) groups is 1. The first-order valence-electron chi connectivity index (χ1n) is 8.31. The standard InChI is InChI=1S/C17H19ClF2N4O3/c1-3-5-6-24-14(21)13(15(25)22-17(24)27)23(4-2)16(26)9-7-11(19)12(20)8-10(9)18/h7-8H,3-6,21H2,1-2H3,(H,22,25,27). The van der Waals surface area contributed by atoms with Gasteiger partial charge in [-0.1, -0.05) is 24.9 Å². The van der Waals surface area contributed by atoms with Crippen LogP contribution in [0.15, 0.2) is 21.7 Å². The number of aromatic amines is 1. The molecule has 146 valence electrons. The molecule has 0 fully saturated rings. The minimum Gasteiger partial charge on any atom is -0.383 e. The maximum Gasteiger partial charge on any atom is 0.330 e. The number of carbonyl (C=O) groups excluding carboxylic acids is 1. The molecule has 1 heterocycles. The van der Waals surface area contributed by atoms with Crippen LogP contribution in [-0.4, -0.2) is 22.0 Å². The summed E-state index contributed by atoms with van der Waals surface area (Å²) in [6.45, 7) is 3.71. The van der Waals surface area contributed by atoms with E-state index in [2.05, 4.69) is 4.98 Å². The quantitative estimate of drug-likeness (QED) is 0.727. The number of nitrogen functional groups attached to an aromatic ring is 1. The van der Waals surface area contributed by atoms with Crippen molar-refractivity contribution in [3.8, 4) is 0 Å². The lowest BCUT2D eigenvalue weighted by Gasteiger charge is -2.23. The second kappa shape index (κ2) is 8.34. The summed E-state index contributed by atoms with van der Waals surface area (Å²) in [4.78, 5) is 40.3. The van der Waals surface area contributed by atoms with E-state index in [4.69, 9.17) is 17.3 Å². The minimum atomic E-state index is -1.26. The van der Waals surface area contributed by atoms with E-state index in [-0.39, 0.29) is 35.2 Å². The van der Waals surface area contributed by atoms with Gasteiger partial charge in [-0.15, -0.1) is 0 Å². The average molecular weight is 401 g/mol. The number of hydrogen-bond acceptors (Lipinski definition) is 4. The van der Waals surface area contributed by atoms with Crippen LogP contribution in [0.4, 0.5) is 20.3 Å². The largest absolute Gasteiger partial charge is 0.383 e. The van der Waals surface area contributed by atoms with Gasteiger partial charge in [-0.05, 0) is 25.5 Å². The Morgan fingerprint density at radius 3 is 2.48 bits per heavy atom. The molecule has 10 heteroatoms. The zero-order chi connectivity index (χ0) is 20.3. The fourth-order valence-electron chi connectivity index (χ4n) is 2.61. The maximum absolute atomic E-state index is 13.6. The Morgan fingerprint density at radius 2 is 1.89 bits per heavy atom. The van der Waals surface area contributed by atoms with E-state index in [1.165, 1.54) is 0 Å². The number of amides is 1. The lowest BCUT2D eigenvalue weighted by molar-refractivity contribution is 0.0987. The van der Waals surface area contributed by atoms with Gasteiger partial charge in [0.2, 0.25) is 0 Å². The molecule has 0 aliphatic carbocycles. The molecule has 27 heavy (non-hydrogen) atoms. The van der Waals surface area contributed by atoms with Crippen molar-refractivity contribution in [1.29, 1.82) is 0 Å². The lowest BCUT2D eigenvalue weighted by atomic mass is 10.1. The molecule has 0 saturated carbocycles. The lowest BCUT2D eigenvalue weighted by Crippen LogP contribution is -2.41. The van der Waals surface area contributed by atoms with Gasteiger partial charge in [0.1, 0.15) is 5.82 Å². The first kappa shape index (κ1) is 20.6. The van der Waals surface area contributed by atoms with Crippen LogP contribution in [0.2, 0.25) is 5.02 Å². The predicted molar refractivity (Wildman–Crippen MR) is 99.4 cm³/mol. The van der Waals surface area contributed by atoms with Crippen molar-refractivity contribution in [1.82, 2.24) is 9.55 Å². The van der Waals surface area contributed by atoms with Crippen molar-refractivity contribution in [3.05, 3.63) is 55.2 Å². The Bertz CT molecular complexity index is 987. The summed E-state index contributed by atoms with van der Waals surface area (Å²) >= 11 is 5.86. The molecule has 1 amide bonds. The molecule has 2 rings (SSSR count). The van der Waals surface area contributed by atoms with Crippen molar-refractivity contribution < 1.29 is 13.6 Å². The molecule has 0 aliphatic heterocycles. The topological polar surface area (TPSA) is 101 Å². The molecule has 0 atom stereocenters. The van der Waals surface area contributed by atoms with E-state index in [9.17, 15) is 23.2 Å². The van der Waals surface area contributed by atoms with Crippen LogP contribution >= 0.6 is 11.6 Å². The van der Waals surface area contributed by atoms with E-state index < -0.39 is 28.8 Å². The summed E-state index contributed by atoms with van der Waals surface area (Å²) in [5.74, 6) is -3.50. The Morgan fingerprint density at radius 1 is 1.26 bits per heavy atom. The first-order chi connectivity index (χ1) is 12.7. The molecule has 0 saturated heterocycles. The zero-order valence-electron chi connectivity index (χ0n) is 14.8. The monoisotopic (exact) mass is 400 g/mol. The highest BCUT2D eigenvalue weighted by Gasteiger charge is 2.26. The third kappa shape index (κ3) is 4.02. The summed E-state index contributed by atoms with van der Waals surface area (Å²) in [7, 11) is 0. The Hall–Kier alpha value is -2.68. The zero-order valence-corrected chi connectivity index (χ0v) is 15.6. The Labute approximate surface area is 158 Å². The van der Waals surface area contributed by atoms with E-state index in [1.54, 1.807) is 6.92 Å². The number of halogens is 3. The van der Waals surface area contributed by atoms with Crippen LogP contribution < -0.4 is 21.9 Å². The number of anilines is 2. The number of benzene rings is 1. The van der Waals surface area contributed by atoms with Crippen LogP contribution in [0, 0.1) is 11.6 Å². The van der Waals surface area contributed by atoms with Gasteiger partial charge >= 0.3 is 5.69 Å². The molecular formula is C17H19ClF2N4O3. The number of nitrogens with zero attached hydrogens (tertiary/aromatic N) is 2. The van der Waals surface area contributed by atoms with E-state index >= 15 is 0 Å². The summed E-state index contributed by atoms with van der Waals surface area (Å²) in [5, 5.41) is -0.313. The summed E-state index contributed by atoms with van der Waals surface area (Å²) in [5.41, 5.74) is 3.86. The van der Waals surface area contributed by atoms with Gasteiger partial charge in [0, 0.05) is 13.1 Å². The van der Waals surface area contributed by atoms with Crippen molar-refractivity contribution >= 4 is 29.0 Å². The third-order valence-corrected chi connectivity index (χ3v) is 4.33. The molecule has 0 aliphatic rings. The van der Waals surface area contributed by atoms with Gasteiger partial charge in [-0.25, -0.2) is 13.6 Å². The third-order valence-electron chi connectivity index (χ3n) is 4.02. The van der Waals surface area contributed by atoms with E-state index in [0.29, 0.717) is 18.6 Å². The highest BCUT2D eigenvalue weighted by Crippen LogP contribution is 2.25. The fraction of sp³-hybridized carbons (Fsp3) is 0.353. The molecule has 0 unspecified atom stereocenters. The second-order valence-electron chi connectivity index (χ2n) is 5.79. The smallest absolute Gasteiger partial charge is 0.330 e. The number of nitrogens with two attached hydrogens (primary N) is 1. The van der Waals surface area contributed by atoms with Gasteiger partial charge in [0.05, 0.1) is 10.6 Å². The average Bonchev–Trinajstić information content (AvgIpc) is 2.61. The van der Waals surface area contributed by atoms with Crippen molar-refractivity contribution in [2.24, 2.45) is 0 Å². The van der Waals surface area contributed by atoms with Gasteiger partial charge < -0.3 is 10.6 Å². The summed E-state index contributed by atoms with van der Waals surface area (Å²) in [6, 6.07) is 1.33. The van der Waals surface area contributed by atoms with Crippen molar-refractivity contribution in [2.45, 2.75) is 33.2 Å². The molecule has 0 bridgehead atoms. The number of rotatable bonds is 6. The molecule has 0 radical (unpaired) electrons. The molecule has 7 nitrogen and oxygen atoms in total. The molecular weight excluding hydrogens is 382 g/mol. The van der Waals surface area contributed by atoms with Crippen LogP contribution in [0.1, 0.15) is 37.0 Å². The van der Waals surface area contributed by atoms with Gasteiger partial charge in [0.15, 0.2) is 17.3 Å². The molecule has 1 aromatic carbocycles. The van der Waals surface area contributed by atoms with Crippen LogP contribution in [0.5, 0.6) is 0 Å². The molecule has 3 N–H and O–H groups in total. The number of aromatic nitrogens is 2. The van der Waals surface area contributed by atoms with Crippen LogP contribution in [-0.2, 0) is 6.54 Å². The highest BCUT2D eigenvalue weighted by molar-refractivity contribution is 6.34. The van der Waals surface area contributed by atoms with Gasteiger partial charge in [-0.2, -0.15) is 0 Å². The number of nitrogens with one attached hydrogen (secondary N) is 1. The first-order valence-corrected chi connectivity index (χ1v) is 8.69. The maximum atomic E-state index is 13.6. The fourth-order valence-corrected chi connectivity index (χ4v) is 2.84. The number of H-pyrrole nitrogens is 1. The molecule has 0 spiro atoms. The van der Waals surface area contributed by atoms with Crippen LogP contribution in [0.3, 0.4) is 0 Å². The predicted octanol–water partition coefficient (Wildman–Crippen LogP) is 2.52. The van der Waals surface area contributed by atoms with Crippen LogP contribution in [0.25, 0.3) is 0 Å². The Balaban J connectivity index is 2.61. The number of hydrogen-bond donors (Lipinski definition) is 2. The summed E-state index contributed by atoms with van der Waals surface area (Å²) in [6.07, 6.45) is 1.41. The van der Waals surface area contributed by atoms with Crippen molar-refractivity contribution in [2.75, 3.05) is 17.2 Å². The van der Waals surface area contributed by atoms with Gasteiger partial charge in [0.25, 0.3) is 11.5 Å². The van der Waals surface area contributed by atoms with E-state index in [1.807, 2.05) is 6.92 Å². The normalized spacial score (nSPS) is 10.9. The summed E-state index contributed by atoms with van der Waals surface area (Å²) < 4.78 is 28.0. The number of unbranched alkanes of at least 4 members (excludes halogenated alkanes) is 1. The second-order valence-corrected chi connectivity index (χ2v) is 6.20. The molecule has 1 aromatic heterocycles. The van der Waals surface area contributed by atoms with Gasteiger partial charge in [-0.3, -0.25) is 19.1 Å². The minimum absolute atomic E-state index is 0.0204.